The third-order valence-corrected chi connectivity index (χ3v) is 5.70. The van der Waals surface area contributed by atoms with E-state index in [9.17, 15) is 0 Å². The summed E-state index contributed by atoms with van der Waals surface area (Å²) in [5.74, 6) is 1.77. The Hall–Kier alpha value is -2.98. The van der Waals surface area contributed by atoms with Crippen molar-refractivity contribution in [2.24, 2.45) is 0 Å². The summed E-state index contributed by atoms with van der Waals surface area (Å²) in [5.41, 5.74) is 2.51. The van der Waals surface area contributed by atoms with Gasteiger partial charge in [0.25, 0.3) is 0 Å². The standard InChI is InChI=1S/C27H32N2O2/c1-3-9-24(10-4-1)23-31-27-15-13-26(14-16-27)30-22-8-7-17-28-18-20-29(21-19-28)25-11-5-2-6-12-25/h1-6,9-16H,7-8,17-23H2. The van der Waals surface area contributed by atoms with E-state index in [4.69, 9.17) is 9.47 Å². The van der Waals surface area contributed by atoms with Crippen LogP contribution >= 0.6 is 0 Å². The van der Waals surface area contributed by atoms with Crippen LogP contribution < -0.4 is 14.4 Å². The van der Waals surface area contributed by atoms with Crippen LogP contribution in [0.15, 0.2) is 84.9 Å². The molecule has 4 heteroatoms. The van der Waals surface area contributed by atoms with Crippen molar-refractivity contribution in [1.82, 2.24) is 4.90 Å². The molecule has 0 spiro atoms. The highest BCUT2D eigenvalue weighted by Crippen LogP contribution is 2.19. The van der Waals surface area contributed by atoms with Crippen LogP contribution in [0.2, 0.25) is 0 Å². The molecule has 1 heterocycles. The number of hydrogen-bond acceptors (Lipinski definition) is 4. The number of unbranched alkanes of at least 4 members (excludes halogenated alkanes) is 1. The Morgan fingerprint density at radius 3 is 1.90 bits per heavy atom. The molecule has 0 atom stereocenters. The molecule has 0 aliphatic carbocycles. The number of piperazine rings is 1. The zero-order valence-corrected chi connectivity index (χ0v) is 18.2. The Morgan fingerprint density at radius 1 is 0.613 bits per heavy atom. The number of rotatable bonds is 10. The first kappa shape index (κ1) is 21.3. The third kappa shape index (κ3) is 6.76. The van der Waals surface area contributed by atoms with Gasteiger partial charge in [-0.2, -0.15) is 0 Å². The third-order valence-electron chi connectivity index (χ3n) is 5.70. The molecule has 1 aliphatic rings. The predicted molar refractivity (Wildman–Crippen MR) is 127 cm³/mol. The predicted octanol–water partition coefficient (Wildman–Crippen LogP) is 5.25. The van der Waals surface area contributed by atoms with Crippen LogP contribution in [0.4, 0.5) is 5.69 Å². The molecule has 0 unspecified atom stereocenters. The molecule has 0 bridgehead atoms. The largest absolute Gasteiger partial charge is 0.494 e. The van der Waals surface area contributed by atoms with Crippen molar-refractivity contribution in [3.8, 4) is 11.5 Å². The fraction of sp³-hybridized carbons (Fsp3) is 0.333. The number of para-hydroxylation sites is 1. The topological polar surface area (TPSA) is 24.9 Å². The average Bonchev–Trinajstić information content (AvgIpc) is 2.85. The molecule has 4 nitrogen and oxygen atoms in total. The molecule has 0 saturated carbocycles. The molecule has 4 rings (SSSR count). The summed E-state index contributed by atoms with van der Waals surface area (Å²) in [7, 11) is 0. The normalized spacial score (nSPS) is 14.4. The van der Waals surface area contributed by atoms with Crippen LogP contribution in [0.3, 0.4) is 0 Å². The number of benzene rings is 3. The van der Waals surface area contributed by atoms with Crippen LogP contribution in [0.5, 0.6) is 11.5 Å². The minimum atomic E-state index is 0.584. The van der Waals surface area contributed by atoms with Crippen LogP contribution in [0.25, 0.3) is 0 Å². The van der Waals surface area contributed by atoms with Crippen molar-refractivity contribution in [2.75, 3.05) is 44.2 Å². The van der Waals surface area contributed by atoms with Gasteiger partial charge >= 0.3 is 0 Å². The van der Waals surface area contributed by atoms with Crippen molar-refractivity contribution in [3.05, 3.63) is 90.5 Å². The molecule has 0 amide bonds. The monoisotopic (exact) mass is 416 g/mol. The second-order valence-electron chi connectivity index (χ2n) is 7.97. The molecule has 1 aliphatic heterocycles. The minimum Gasteiger partial charge on any atom is -0.494 e. The molecule has 0 N–H and O–H groups in total. The van der Waals surface area contributed by atoms with E-state index in [1.165, 1.54) is 17.7 Å². The SMILES string of the molecule is c1ccc(COc2ccc(OCCCCN3CCN(c4ccccc4)CC3)cc2)cc1. The van der Waals surface area contributed by atoms with Crippen LogP contribution in [-0.4, -0.2) is 44.2 Å². The number of ether oxygens (including phenoxy) is 2. The molecule has 3 aromatic carbocycles. The van der Waals surface area contributed by atoms with E-state index in [2.05, 4.69) is 52.3 Å². The summed E-state index contributed by atoms with van der Waals surface area (Å²) in [6.45, 7) is 6.99. The summed E-state index contributed by atoms with van der Waals surface area (Å²) >= 11 is 0. The first-order valence-corrected chi connectivity index (χ1v) is 11.3. The van der Waals surface area contributed by atoms with E-state index in [1.807, 2.05) is 42.5 Å². The van der Waals surface area contributed by atoms with Crippen LogP contribution in [0, 0.1) is 0 Å². The highest BCUT2D eigenvalue weighted by atomic mass is 16.5. The molecule has 162 valence electrons. The maximum atomic E-state index is 5.91. The number of anilines is 1. The Labute approximate surface area is 186 Å². The van der Waals surface area contributed by atoms with E-state index >= 15 is 0 Å². The fourth-order valence-corrected chi connectivity index (χ4v) is 3.87. The van der Waals surface area contributed by atoms with E-state index in [0.717, 1.165) is 57.3 Å². The lowest BCUT2D eigenvalue weighted by Gasteiger charge is -2.36. The quantitative estimate of drug-likeness (QED) is 0.422. The van der Waals surface area contributed by atoms with Gasteiger partial charge in [0.15, 0.2) is 0 Å². The Kier molecular flexibility index (Phi) is 7.83. The summed E-state index contributed by atoms with van der Waals surface area (Å²) in [4.78, 5) is 5.05. The van der Waals surface area contributed by atoms with Crippen molar-refractivity contribution in [2.45, 2.75) is 19.4 Å². The molecule has 3 aromatic rings. The zero-order valence-electron chi connectivity index (χ0n) is 18.2. The molecule has 1 fully saturated rings. The second kappa shape index (κ2) is 11.4. The van der Waals surface area contributed by atoms with Gasteiger partial charge in [0.05, 0.1) is 6.61 Å². The van der Waals surface area contributed by atoms with Crippen LogP contribution in [0.1, 0.15) is 18.4 Å². The van der Waals surface area contributed by atoms with E-state index in [-0.39, 0.29) is 0 Å². The van der Waals surface area contributed by atoms with E-state index < -0.39 is 0 Å². The summed E-state index contributed by atoms with van der Waals surface area (Å²) in [5, 5.41) is 0. The second-order valence-corrected chi connectivity index (χ2v) is 7.97. The van der Waals surface area contributed by atoms with Gasteiger partial charge in [-0.25, -0.2) is 0 Å². The van der Waals surface area contributed by atoms with Crippen LogP contribution in [-0.2, 0) is 6.61 Å². The molecular formula is C27H32N2O2. The lowest BCUT2D eigenvalue weighted by atomic mass is 10.2. The Bertz CT molecular complexity index is 876. The minimum absolute atomic E-state index is 0.584. The molecule has 0 aromatic heterocycles. The van der Waals surface area contributed by atoms with E-state index in [0.29, 0.717) is 6.61 Å². The Morgan fingerprint density at radius 2 is 1.23 bits per heavy atom. The first-order chi connectivity index (χ1) is 15.4. The van der Waals surface area contributed by atoms with Gasteiger partial charge in [-0.3, -0.25) is 4.90 Å². The van der Waals surface area contributed by atoms with E-state index in [1.54, 1.807) is 0 Å². The van der Waals surface area contributed by atoms with Gasteiger partial charge in [-0.05, 0) is 61.3 Å². The van der Waals surface area contributed by atoms with Gasteiger partial charge in [0.1, 0.15) is 18.1 Å². The van der Waals surface area contributed by atoms with Crippen molar-refractivity contribution in [3.63, 3.8) is 0 Å². The molecule has 1 saturated heterocycles. The summed E-state index contributed by atoms with van der Waals surface area (Å²) < 4.78 is 11.7. The zero-order chi connectivity index (χ0) is 21.1. The highest BCUT2D eigenvalue weighted by molar-refractivity contribution is 5.46. The fourth-order valence-electron chi connectivity index (χ4n) is 3.87. The Balaban J connectivity index is 1.08. The number of nitrogens with zero attached hydrogens (tertiary/aromatic N) is 2. The number of hydrogen-bond donors (Lipinski definition) is 0. The molecular weight excluding hydrogens is 384 g/mol. The highest BCUT2D eigenvalue weighted by Gasteiger charge is 2.16. The van der Waals surface area contributed by atoms with Gasteiger partial charge in [0, 0.05) is 31.9 Å². The van der Waals surface area contributed by atoms with Gasteiger partial charge in [-0.15, -0.1) is 0 Å². The van der Waals surface area contributed by atoms with Gasteiger partial charge in [-0.1, -0.05) is 48.5 Å². The lowest BCUT2D eigenvalue weighted by molar-refractivity contribution is 0.238. The smallest absolute Gasteiger partial charge is 0.120 e. The van der Waals surface area contributed by atoms with Crippen molar-refractivity contribution >= 4 is 5.69 Å². The van der Waals surface area contributed by atoms with Gasteiger partial charge < -0.3 is 14.4 Å². The maximum Gasteiger partial charge on any atom is 0.120 e. The molecule has 31 heavy (non-hydrogen) atoms. The molecule has 0 radical (unpaired) electrons. The summed E-state index contributed by atoms with van der Waals surface area (Å²) in [6.07, 6.45) is 2.24. The maximum absolute atomic E-state index is 5.91. The van der Waals surface area contributed by atoms with Crippen molar-refractivity contribution in [1.29, 1.82) is 0 Å². The van der Waals surface area contributed by atoms with Crippen molar-refractivity contribution < 1.29 is 9.47 Å². The summed E-state index contributed by atoms with van der Waals surface area (Å²) in [6, 6.07) is 28.9. The lowest BCUT2D eigenvalue weighted by Crippen LogP contribution is -2.46. The first-order valence-electron chi connectivity index (χ1n) is 11.3. The van der Waals surface area contributed by atoms with Gasteiger partial charge in [0.2, 0.25) is 0 Å². The average molecular weight is 417 g/mol.